The summed E-state index contributed by atoms with van der Waals surface area (Å²) in [6, 6.07) is 13.3. The maximum absolute atomic E-state index is 14.2. The van der Waals surface area contributed by atoms with Crippen LogP contribution >= 0.6 is 23.2 Å². The summed E-state index contributed by atoms with van der Waals surface area (Å²) >= 11 is 11.3. The minimum absolute atomic E-state index is 0.105. The summed E-state index contributed by atoms with van der Waals surface area (Å²) in [5.74, 6) is -1.03. The molecule has 0 spiro atoms. The Morgan fingerprint density at radius 3 is 2.41 bits per heavy atom. The predicted molar refractivity (Wildman–Crippen MR) is 115 cm³/mol. The molecule has 156 valence electrons. The first-order valence-electron chi connectivity index (χ1n) is 9.66. The van der Waals surface area contributed by atoms with Crippen LogP contribution in [0.2, 0.25) is 10.0 Å². The lowest BCUT2D eigenvalue weighted by molar-refractivity contribution is 0.266. The molecule has 1 heterocycles. The fraction of sp³-hybridized carbons (Fsp3) is 0.435. The number of hydrogen-bond acceptors (Lipinski definition) is 2. The van der Waals surface area contributed by atoms with E-state index >= 15 is 0 Å². The van der Waals surface area contributed by atoms with Gasteiger partial charge in [0.25, 0.3) is 0 Å². The van der Waals surface area contributed by atoms with E-state index in [-0.39, 0.29) is 39.9 Å². The van der Waals surface area contributed by atoms with Crippen LogP contribution in [0.15, 0.2) is 42.5 Å². The molecule has 1 aliphatic heterocycles. The zero-order valence-corrected chi connectivity index (χ0v) is 18.4. The molecule has 29 heavy (non-hydrogen) atoms. The third kappa shape index (κ3) is 6.40. The van der Waals surface area contributed by atoms with Crippen molar-refractivity contribution < 1.29 is 8.78 Å². The van der Waals surface area contributed by atoms with Crippen molar-refractivity contribution in [2.75, 3.05) is 6.54 Å². The summed E-state index contributed by atoms with van der Waals surface area (Å²) in [4.78, 5) is 0. The van der Waals surface area contributed by atoms with Crippen LogP contribution in [-0.4, -0.2) is 12.6 Å². The molecule has 0 aromatic heterocycles. The van der Waals surface area contributed by atoms with Crippen molar-refractivity contribution in [1.82, 2.24) is 5.32 Å². The van der Waals surface area contributed by atoms with Gasteiger partial charge in [-0.3, -0.25) is 0 Å². The molecule has 3 unspecified atom stereocenters. The van der Waals surface area contributed by atoms with Gasteiger partial charge in [-0.2, -0.15) is 5.26 Å². The van der Waals surface area contributed by atoms with Crippen molar-refractivity contribution >= 4 is 23.2 Å². The number of hydrogen-bond donors (Lipinski definition) is 1. The van der Waals surface area contributed by atoms with Crippen molar-refractivity contribution in [2.45, 2.75) is 45.6 Å². The van der Waals surface area contributed by atoms with Gasteiger partial charge in [-0.15, -0.1) is 0 Å². The van der Waals surface area contributed by atoms with Crippen molar-refractivity contribution in [3.8, 4) is 6.07 Å². The SMILES string of the molecule is CCC(C)(C)CC1NCC(c2cccc(Cl)c2F)C1C#N.Fc1cccc(Cl)c1. The Labute approximate surface area is 181 Å². The van der Waals surface area contributed by atoms with Crippen LogP contribution in [0.5, 0.6) is 0 Å². The van der Waals surface area contributed by atoms with Crippen LogP contribution in [0.25, 0.3) is 0 Å². The second-order valence-electron chi connectivity index (χ2n) is 8.08. The quantitative estimate of drug-likeness (QED) is 0.558. The molecule has 1 aliphatic rings. The molecule has 0 radical (unpaired) electrons. The smallest absolute Gasteiger partial charge is 0.145 e. The Morgan fingerprint density at radius 1 is 1.17 bits per heavy atom. The van der Waals surface area contributed by atoms with E-state index in [1.807, 2.05) is 0 Å². The lowest BCUT2D eigenvalue weighted by atomic mass is 9.77. The zero-order valence-electron chi connectivity index (χ0n) is 16.9. The molecular weight excluding hydrogens is 413 g/mol. The topological polar surface area (TPSA) is 35.8 Å². The molecule has 2 aromatic carbocycles. The second-order valence-corrected chi connectivity index (χ2v) is 8.92. The Bertz CT molecular complexity index is 847. The van der Waals surface area contributed by atoms with Crippen LogP contribution in [0.1, 0.15) is 45.1 Å². The van der Waals surface area contributed by atoms with Crippen LogP contribution in [-0.2, 0) is 0 Å². The molecule has 2 aromatic rings. The molecule has 0 bridgehead atoms. The van der Waals surface area contributed by atoms with Gasteiger partial charge in [-0.1, -0.05) is 68.6 Å². The summed E-state index contributed by atoms with van der Waals surface area (Å²) < 4.78 is 26.3. The van der Waals surface area contributed by atoms with E-state index in [1.165, 1.54) is 12.1 Å². The highest BCUT2D eigenvalue weighted by molar-refractivity contribution is 6.31. The average Bonchev–Trinajstić information content (AvgIpc) is 3.06. The molecule has 1 saturated heterocycles. The number of halogens is 4. The maximum atomic E-state index is 14.2. The predicted octanol–water partition coefficient (Wildman–Crippen LogP) is 6.98. The van der Waals surface area contributed by atoms with Gasteiger partial charge in [-0.25, -0.2) is 8.78 Å². The summed E-state index contributed by atoms with van der Waals surface area (Å²) in [6.07, 6.45) is 1.97. The fourth-order valence-corrected chi connectivity index (χ4v) is 3.86. The lowest BCUT2D eigenvalue weighted by Gasteiger charge is -2.28. The van der Waals surface area contributed by atoms with Crippen molar-refractivity contribution in [3.05, 3.63) is 69.7 Å². The van der Waals surface area contributed by atoms with Gasteiger partial charge in [0.05, 0.1) is 17.0 Å². The van der Waals surface area contributed by atoms with E-state index in [4.69, 9.17) is 23.2 Å². The van der Waals surface area contributed by atoms with Crippen LogP contribution in [0.4, 0.5) is 8.78 Å². The molecule has 1 fully saturated rings. The fourth-order valence-electron chi connectivity index (χ4n) is 3.50. The molecule has 0 amide bonds. The largest absolute Gasteiger partial charge is 0.312 e. The van der Waals surface area contributed by atoms with Gasteiger partial charge in [-0.05, 0) is 41.7 Å². The van der Waals surface area contributed by atoms with Gasteiger partial charge < -0.3 is 5.32 Å². The minimum atomic E-state index is -0.387. The number of benzene rings is 2. The molecule has 3 rings (SSSR count). The van der Waals surface area contributed by atoms with Crippen LogP contribution in [0.3, 0.4) is 0 Å². The van der Waals surface area contributed by atoms with Gasteiger partial charge in [0, 0.05) is 23.5 Å². The van der Waals surface area contributed by atoms with Crippen molar-refractivity contribution in [1.29, 1.82) is 5.26 Å². The maximum Gasteiger partial charge on any atom is 0.145 e. The van der Waals surface area contributed by atoms with Crippen LogP contribution in [0, 0.1) is 34.3 Å². The first kappa shape index (κ1) is 23.6. The van der Waals surface area contributed by atoms with Gasteiger partial charge in [0.2, 0.25) is 0 Å². The van der Waals surface area contributed by atoms with E-state index in [0.717, 1.165) is 12.8 Å². The van der Waals surface area contributed by atoms with E-state index in [1.54, 1.807) is 30.3 Å². The van der Waals surface area contributed by atoms with E-state index in [2.05, 4.69) is 32.2 Å². The van der Waals surface area contributed by atoms with E-state index in [0.29, 0.717) is 17.1 Å². The second kappa shape index (κ2) is 10.4. The highest BCUT2D eigenvalue weighted by atomic mass is 35.5. The summed E-state index contributed by atoms with van der Waals surface area (Å²) in [6.45, 7) is 7.19. The van der Waals surface area contributed by atoms with Crippen molar-refractivity contribution in [2.24, 2.45) is 11.3 Å². The zero-order chi connectivity index (χ0) is 21.6. The molecule has 0 saturated carbocycles. The molecule has 3 atom stereocenters. The third-order valence-corrected chi connectivity index (χ3v) is 6.04. The molecule has 0 aliphatic carbocycles. The number of nitrogens with zero attached hydrogens (tertiary/aromatic N) is 1. The molecule has 6 heteroatoms. The number of rotatable bonds is 4. The van der Waals surface area contributed by atoms with E-state index in [9.17, 15) is 14.0 Å². The summed E-state index contributed by atoms with van der Waals surface area (Å²) in [5.41, 5.74) is 0.729. The van der Waals surface area contributed by atoms with Crippen LogP contribution < -0.4 is 5.32 Å². The average molecular weight is 439 g/mol. The minimum Gasteiger partial charge on any atom is -0.312 e. The Morgan fingerprint density at radius 2 is 1.86 bits per heavy atom. The monoisotopic (exact) mass is 438 g/mol. The third-order valence-electron chi connectivity index (χ3n) is 5.51. The molecule has 1 N–H and O–H groups in total. The molecule has 2 nitrogen and oxygen atoms in total. The Kier molecular flexibility index (Phi) is 8.46. The van der Waals surface area contributed by atoms with Gasteiger partial charge in [0.1, 0.15) is 11.6 Å². The summed E-state index contributed by atoms with van der Waals surface area (Å²) in [7, 11) is 0. The highest BCUT2D eigenvalue weighted by Gasteiger charge is 2.40. The first-order valence-corrected chi connectivity index (χ1v) is 10.4. The normalized spacial score (nSPS) is 21.2. The standard InChI is InChI=1S/C17H22ClFN2.C6H4ClF/c1-4-17(2,3)8-15-12(9-20)13(10-21-15)11-6-5-7-14(18)16(11)19;7-5-2-1-3-6(8)4-5/h5-7,12-13,15,21H,4,8,10H2,1-3H3;1-4H. The molecular formula is C23H26Cl2F2N2. The first-order chi connectivity index (χ1) is 13.7. The lowest BCUT2D eigenvalue weighted by Crippen LogP contribution is -2.32. The number of nitrogens with one attached hydrogen (secondary N) is 1. The Balaban J connectivity index is 0.000000313. The Hall–Kier alpha value is -1.67. The van der Waals surface area contributed by atoms with Gasteiger partial charge >= 0.3 is 0 Å². The van der Waals surface area contributed by atoms with Gasteiger partial charge in [0.15, 0.2) is 0 Å². The number of nitriles is 1. The summed E-state index contributed by atoms with van der Waals surface area (Å²) in [5, 5.41) is 13.5. The highest BCUT2D eigenvalue weighted by Crippen LogP contribution is 2.39. The van der Waals surface area contributed by atoms with E-state index < -0.39 is 0 Å². The van der Waals surface area contributed by atoms with Crippen molar-refractivity contribution in [3.63, 3.8) is 0 Å².